The third kappa shape index (κ3) is 3.67. The summed E-state index contributed by atoms with van der Waals surface area (Å²) in [6.45, 7) is 0. The van der Waals surface area contributed by atoms with Crippen LogP contribution in [0.3, 0.4) is 0 Å². The Kier molecular flexibility index (Phi) is 4.74. The highest BCUT2D eigenvalue weighted by Crippen LogP contribution is 2.22. The van der Waals surface area contributed by atoms with Crippen LogP contribution in [0.4, 0.5) is 0 Å². The van der Waals surface area contributed by atoms with Crippen molar-refractivity contribution in [2.75, 3.05) is 0 Å². The molecule has 0 aliphatic heterocycles. The van der Waals surface area contributed by atoms with Gasteiger partial charge in [0.25, 0.3) is 5.91 Å². The van der Waals surface area contributed by atoms with Gasteiger partial charge >= 0.3 is 0 Å². The molecule has 0 radical (unpaired) electrons. The number of carbonyl (C=O) groups is 1. The minimum atomic E-state index is -0.0190. The van der Waals surface area contributed by atoms with Crippen LogP contribution < -0.4 is 5.32 Å². The van der Waals surface area contributed by atoms with Gasteiger partial charge in [0.15, 0.2) is 0 Å². The fraction of sp³-hybridized carbons (Fsp3) is 0.316. The molecule has 22 heavy (non-hydrogen) atoms. The second-order valence-corrected chi connectivity index (χ2v) is 5.75. The van der Waals surface area contributed by atoms with E-state index in [4.69, 9.17) is 4.42 Å². The maximum absolute atomic E-state index is 12.7. The van der Waals surface area contributed by atoms with Gasteiger partial charge in [-0.2, -0.15) is 0 Å². The Hall–Kier alpha value is -2.29. The molecule has 1 aliphatic carbocycles. The summed E-state index contributed by atoms with van der Waals surface area (Å²) in [6.07, 6.45) is 9.27. The molecule has 3 heteroatoms. The summed E-state index contributed by atoms with van der Waals surface area (Å²) in [6, 6.07) is 13.7. The second kappa shape index (κ2) is 7.12. The Morgan fingerprint density at radius 3 is 2.50 bits per heavy atom. The minimum absolute atomic E-state index is 0.0190. The molecular weight excluding hydrogens is 274 g/mol. The standard InChI is InChI=1S/C19H21NO2/c21-19(20-16-10-5-2-6-11-16)18(14-17-12-7-13-22-17)15-8-3-1-4-9-15/h1,3-4,7-9,12-14,16H,2,5-6,10-11H2,(H,20,21)/b18-14-. The van der Waals surface area contributed by atoms with Crippen molar-refractivity contribution >= 4 is 17.6 Å². The summed E-state index contributed by atoms with van der Waals surface area (Å²) in [5.41, 5.74) is 1.56. The maximum atomic E-state index is 12.7. The van der Waals surface area contributed by atoms with Crippen LogP contribution in [0.2, 0.25) is 0 Å². The van der Waals surface area contributed by atoms with Crippen LogP contribution >= 0.6 is 0 Å². The lowest BCUT2D eigenvalue weighted by Gasteiger charge is -2.23. The highest BCUT2D eigenvalue weighted by atomic mass is 16.3. The average Bonchev–Trinajstić information content (AvgIpc) is 3.07. The number of furan rings is 1. The van der Waals surface area contributed by atoms with Gasteiger partial charge in [-0.1, -0.05) is 49.6 Å². The van der Waals surface area contributed by atoms with Gasteiger partial charge in [-0.15, -0.1) is 0 Å². The van der Waals surface area contributed by atoms with Crippen molar-refractivity contribution in [3.63, 3.8) is 0 Å². The van der Waals surface area contributed by atoms with Crippen molar-refractivity contribution in [3.8, 4) is 0 Å². The largest absolute Gasteiger partial charge is 0.465 e. The summed E-state index contributed by atoms with van der Waals surface area (Å²) < 4.78 is 5.37. The van der Waals surface area contributed by atoms with E-state index >= 15 is 0 Å². The average molecular weight is 295 g/mol. The summed E-state index contributed by atoms with van der Waals surface area (Å²) in [5, 5.41) is 3.18. The molecule has 1 aromatic carbocycles. The first-order valence-electron chi connectivity index (χ1n) is 7.94. The van der Waals surface area contributed by atoms with Gasteiger partial charge in [-0.05, 0) is 36.6 Å². The first-order valence-corrected chi connectivity index (χ1v) is 7.94. The monoisotopic (exact) mass is 295 g/mol. The molecule has 2 aromatic rings. The van der Waals surface area contributed by atoms with Crippen molar-refractivity contribution in [1.82, 2.24) is 5.32 Å². The maximum Gasteiger partial charge on any atom is 0.252 e. The third-order valence-electron chi connectivity index (χ3n) is 4.10. The predicted molar refractivity (Wildman–Crippen MR) is 88.0 cm³/mol. The zero-order chi connectivity index (χ0) is 15.2. The predicted octanol–water partition coefficient (Wildman–Crippen LogP) is 4.27. The molecule has 0 spiro atoms. The number of hydrogen-bond acceptors (Lipinski definition) is 2. The van der Waals surface area contributed by atoms with Crippen molar-refractivity contribution in [2.45, 2.75) is 38.1 Å². The number of amides is 1. The quantitative estimate of drug-likeness (QED) is 0.856. The van der Waals surface area contributed by atoms with Crippen molar-refractivity contribution in [2.24, 2.45) is 0 Å². The van der Waals surface area contributed by atoms with E-state index in [9.17, 15) is 4.79 Å². The van der Waals surface area contributed by atoms with E-state index in [1.165, 1.54) is 19.3 Å². The van der Waals surface area contributed by atoms with Gasteiger partial charge in [0.2, 0.25) is 0 Å². The minimum Gasteiger partial charge on any atom is -0.465 e. The van der Waals surface area contributed by atoms with E-state index in [0.29, 0.717) is 17.4 Å². The van der Waals surface area contributed by atoms with Crippen LogP contribution in [0.15, 0.2) is 53.1 Å². The third-order valence-corrected chi connectivity index (χ3v) is 4.10. The van der Waals surface area contributed by atoms with Gasteiger partial charge < -0.3 is 9.73 Å². The van der Waals surface area contributed by atoms with E-state index in [1.807, 2.05) is 48.5 Å². The smallest absolute Gasteiger partial charge is 0.252 e. The van der Waals surface area contributed by atoms with Gasteiger partial charge in [0, 0.05) is 6.04 Å². The number of nitrogens with one attached hydrogen (secondary N) is 1. The van der Waals surface area contributed by atoms with Crippen LogP contribution in [0.1, 0.15) is 43.4 Å². The summed E-state index contributed by atoms with van der Waals surface area (Å²) >= 11 is 0. The van der Waals surface area contributed by atoms with Crippen LogP contribution in [0.25, 0.3) is 11.6 Å². The molecule has 0 unspecified atom stereocenters. The lowest BCUT2D eigenvalue weighted by atomic mass is 9.94. The fourth-order valence-corrected chi connectivity index (χ4v) is 2.92. The molecule has 0 bridgehead atoms. The summed E-state index contributed by atoms with van der Waals surface area (Å²) in [4.78, 5) is 12.7. The van der Waals surface area contributed by atoms with E-state index < -0.39 is 0 Å². The highest BCUT2D eigenvalue weighted by Gasteiger charge is 2.19. The molecule has 1 fully saturated rings. The highest BCUT2D eigenvalue weighted by molar-refractivity contribution is 6.24. The second-order valence-electron chi connectivity index (χ2n) is 5.75. The SMILES string of the molecule is O=C(NC1CCCCC1)/C(=C\c1ccco1)c1ccccc1. The molecule has 3 rings (SSSR count). The molecule has 1 amide bonds. The van der Waals surface area contributed by atoms with Crippen molar-refractivity contribution in [1.29, 1.82) is 0 Å². The van der Waals surface area contributed by atoms with Gasteiger partial charge in [-0.25, -0.2) is 0 Å². The topological polar surface area (TPSA) is 42.2 Å². The Bertz CT molecular complexity index is 623. The van der Waals surface area contributed by atoms with Crippen LogP contribution in [-0.4, -0.2) is 11.9 Å². The zero-order valence-corrected chi connectivity index (χ0v) is 12.6. The van der Waals surface area contributed by atoms with Crippen LogP contribution in [-0.2, 0) is 4.79 Å². The Morgan fingerprint density at radius 1 is 1.05 bits per heavy atom. The number of carbonyl (C=O) groups excluding carboxylic acids is 1. The molecule has 0 saturated heterocycles. The van der Waals surface area contributed by atoms with Crippen molar-refractivity contribution in [3.05, 3.63) is 60.1 Å². The molecule has 1 N–H and O–H groups in total. The molecule has 1 saturated carbocycles. The summed E-state index contributed by atoms with van der Waals surface area (Å²) in [7, 11) is 0. The molecule has 1 heterocycles. The van der Waals surface area contributed by atoms with Crippen LogP contribution in [0, 0.1) is 0 Å². The molecule has 1 aromatic heterocycles. The van der Waals surface area contributed by atoms with Crippen molar-refractivity contribution < 1.29 is 9.21 Å². The number of hydrogen-bond donors (Lipinski definition) is 1. The van der Waals surface area contributed by atoms with Crippen LogP contribution in [0.5, 0.6) is 0 Å². The lowest BCUT2D eigenvalue weighted by molar-refractivity contribution is -0.116. The Morgan fingerprint density at radius 2 is 1.82 bits per heavy atom. The molecule has 1 aliphatic rings. The first kappa shape index (κ1) is 14.6. The first-order chi connectivity index (χ1) is 10.8. The zero-order valence-electron chi connectivity index (χ0n) is 12.6. The molecular formula is C19H21NO2. The lowest BCUT2D eigenvalue weighted by Crippen LogP contribution is -2.36. The Balaban J connectivity index is 1.83. The Labute approximate surface area is 131 Å². The number of rotatable bonds is 4. The fourth-order valence-electron chi connectivity index (χ4n) is 2.92. The van der Waals surface area contributed by atoms with E-state index in [1.54, 1.807) is 6.26 Å². The van der Waals surface area contributed by atoms with Gasteiger partial charge in [0.1, 0.15) is 5.76 Å². The van der Waals surface area contributed by atoms with E-state index in [0.717, 1.165) is 18.4 Å². The molecule has 0 atom stereocenters. The molecule has 3 nitrogen and oxygen atoms in total. The normalized spacial score (nSPS) is 16.5. The van der Waals surface area contributed by atoms with Gasteiger partial charge in [-0.3, -0.25) is 4.79 Å². The summed E-state index contributed by atoms with van der Waals surface area (Å²) in [5.74, 6) is 0.673. The molecule has 114 valence electrons. The van der Waals surface area contributed by atoms with E-state index in [2.05, 4.69) is 5.32 Å². The van der Waals surface area contributed by atoms with Gasteiger partial charge in [0.05, 0.1) is 11.8 Å². The van der Waals surface area contributed by atoms with E-state index in [-0.39, 0.29) is 5.91 Å². The number of benzene rings is 1.